The van der Waals surface area contributed by atoms with E-state index in [9.17, 15) is 4.79 Å². The molecule has 1 aliphatic heterocycles. The third kappa shape index (κ3) is 3.75. The molecule has 2 aromatic rings. The van der Waals surface area contributed by atoms with E-state index in [1.807, 2.05) is 60.7 Å². The van der Waals surface area contributed by atoms with Crippen LogP contribution in [-0.4, -0.2) is 24.4 Å². The number of carbonyl (C=O) groups excluding carboxylic acids is 1. The number of rotatable bonds is 4. The monoisotopic (exact) mass is 315 g/mol. The van der Waals surface area contributed by atoms with E-state index >= 15 is 0 Å². The molecule has 0 aromatic heterocycles. The maximum Gasteiger partial charge on any atom is 0.367 e. The fourth-order valence-electron chi connectivity index (χ4n) is 2.25. The fraction of sp³-hybridized carbons (Fsp3) is 0.235. The largest absolute Gasteiger partial charge is 0.465 e. The molecule has 1 heterocycles. The minimum atomic E-state index is -1.25. The molecule has 2 atom stereocenters. The first-order chi connectivity index (χ1) is 11.3. The van der Waals surface area contributed by atoms with E-state index in [0.29, 0.717) is 6.54 Å². The number of benzene rings is 2. The van der Waals surface area contributed by atoms with E-state index in [1.165, 1.54) is 7.11 Å². The summed E-state index contributed by atoms with van der Waals surface area (Å²) in [5.74, 6) is -0.658. The van der Waals surface area contributed by atoms with E-state index in [1.54, 1.807) is 5.06 Å². The Morgan fingerprint density at radius 1 is 1.04 bits per heavy atom. The summed E-state index contributed by atoms with van der Waals surface area (Å²) in [5, 5.41) is 1.57. The van der Waals surface area contributed by atoms with Gasteiger partial charge in [-0.1, -0.05) is 60.7 Å². The van der Waals surface area contributed by atoms with E-state index < -0.39 is 18.5 Å². The van der Waals surface area contributed by atoms with Gasteiger partial charge in [-0.2, -0.15) is 4.89 Å². The van der Waals surface area contributed by atoms with Crippen molar-refractivity contribution < 1.29 is 24.1 Å². The van der Waals surface area contributed by atoms with Gasteiger partial charge in [0.15, 0.2) is 6.23 Å². The summed E-state index contributed by atoms with van der Waals surface area (Å²) in [6.07, 6.45) is -1.83. The molecule has 1 fully saturated rings. The summed E-state index contributed by atoms with van der Waals surface area (Å²) in [4.78, 5) is 27.7. The van der Waals surface area contributed by atoms with Crippen molar-refractivity contribution in [3.05, 3.63) is 71.8 Å². The van der Waals surface area contributed by atoms with Crippen LogP contribution >= 0.6 is 0 Å². The van der Waals surface area contributed by atoms with Crippen molar-refractivity contribution in [3.63, 3.8) is 0 Å². The fourth-order valence-corrected chi connectivity index (χ4v) is 2.25. The summed E-state index contributed by atoms with van der Waals surface area (Å²) >= 11 is 0. The third-order valence-electron chi connectivity index (χ3n) is 3.39. The maximum atomic E-state index is 11.6. The van der Waals surface area contributed by atoms with Gasteiger partial charge in [-0.05, 0) is 5.56 Å². The molecule has 120 valence electrons. The molecule has 23 heavy (non-hydrogen) atoms. The number of nitrogens with zero attached hydrogens (tertiary/aromatic N) is 1. The molecule has 1 aliphatic rings. The zero-order valence-electron chi connectivity index (χ0n) is 12.6. The Morgan fingerprint density at radius 2 is 1.70 bits per heavy atom. The lowest BCUT2D eigenvalue weighted by Crippen LogP contribution is -2.45. The van der Waals surface area contributed by atoms with Gasteiger partial charge < -0.3 is 4.74 Å². The minimum Gasteiger partial charge on any atom is -0.465 e. The second-order valence-electron chi connectivity index (χ2n) is 4.98. The average molecular weight is 315 g/mol. The number of ether oxygens (including phenoxy) is 1. The summed E-state index contributed by atoms with van der Waals surface area (Å²) in [6.45, 7) is 0.428. The summed E-state index contributed by atoms with van der Waals surface area (Å²) in [5.41, 5.74) is 1.87. The van der Waals surface area contributed by atoms with Crippen molar-refractivity contribution in [2.75, 3.05) is 7.11 Å². The lowest BCUT2D eigenvalue weighted by atomic mass is 10.1. The van der Waals surface area contributed by atoms with Crippen LogP contribution in [0.4, 0.5) is 0 Å². The first-order valence-corrected chi connectivity index (χ1v) is 7.20. The van der Waals surface area contributed by atoms with Gasteiger partial charge in [-0.25, -0.2) is 14.5 Å². The lowest BCUT2D eigenvalue weighted by molar-refractivity contribution is -0.522. The predicted molar refractivity (Wildman–Crippen MR) is 80.2 cm³/mol. The molecule has 0 spiro atoms. The van der Waals surface area contributed by atoms with Crippen molar-refractivity contribution in [1.29, 1.82) is 0 Å². The molecule has 6 nitrogen and oxygen atoms in total. The molecule has 0 bridgehead atoms. The molecule has 3 rings (SSSR count). The van der Waals surface area contributed by atoms with E-state index in [2.05, 4.69) is 4.74 Å². The van der Waals surface area contributed by atoms with Crippen molar-refractivity contribution >= 4 is 5.97 Å². The Bertz CT molecular complexity index is 634. The van der Waals surface area contributed by atoms with Crippen LogP contribution in [0, 0.1) is 0 Å². The summed E-state index contributed by atoms with van der Waals surface area (Å²) < 4.78 is 4.63. The Hall–Kier alpha value is -2.25. The number of methoxy groups -OCH3 is 1. The quantitative estimate of drug-likeness (QED) is 0.638. The van der Waals surface area contributed by atoms with Crippen molar-refractivity contribution in [1.82, 2.24) is 5.06 Å². The number of esters is 1. The Balaban J connectivity index is 1.82. The summed E-state index contributed by atoms with van der Waals surface area (Å²) in [7, 11) is 1.26. The molecule has 0 amide bonds. The van der Waals surface area contributed by atoms with Crippen LogP contribution in [0.3, 0.4) is 0 Å². The Labute approximate surface area is 134 Å². The molecule has 0 radical (unpaired) electrons. The number of hydroxylamine groups is 2. The lowest BCUT2D eigenvalue weighted by Gasteiger charge is -2.36. The second-order valence-corrected chi connectivity index (χ2v) is 4.98. The highest BCUT2D eigenvalue weighted by atomic mass is 17.3. The molecular weight excluding hydrogens is 298 g/mol. The Morgan fingerprint density at radius 3 is 2.35 bits per heavy atom. The van der Waals surface area contributed by atoms with Crippen molar-refractivity contribution in [2.24, 2.45) is 0 Å². The van der Waals surface area contributed by atoms with Gasteiger partial charge in [0, 0.05) is 5.56 Å². The van der Waals surface area contributed by atoms with Gasteiger partial charge in [0.05, 0.1) is 13.7 Å². The average Bonchev–Trinajstić information content (AvgIpc) is 2.62. The minimum absolute atomic E-state index is 0.428. The first kappa shape index (κ1) is 15.6. The van der Waals surface area contributed by atoms with Crippen LogP contribution in [0.5, 0.6) is 0 Å². The predicted octanol–water partition coefficient (Wildman–Crippen LogP) is 2.58. The van der Waals surface area contributed by atoms with Crippen LogP contribution < -0.4 is 0 Å². The topological polar surface area (TPSA) is 57.2 Å². The van der Waals surface area contributed by atoms with Gasteiger partial charge in [0.25, 0.3) is 0 Å². The molecular formula is C17H17NO5. The highest BCUT2D eigenvalue weighted by molar-refractivity contribution is 5.72. The van der Waals surface area contributed by atoms with Crippen LogP contribution in [0.1, 0.15) is 17.4 Å². The first-order valence-electron chi connectivity index (χ1n) is 7.20. The third-order valence-corrected chi connectivity index (χ3v) is 3.39. The van der Waals surface area contributed by atoms with Crippen molar-refractivity contribution in [3.8, 4) is 0 Å². The SMILES string of the molecule is COC(=O)C1OOC(c2ccccc2)N(Cc2ccccc2)O1. The van der Waals surface area contributed by atoms with Crippen LogP contribution in [0.25, 0.3) is 0 Å². The van der Waals surface area contributed by atoms with Crippen LogP contribution in [0.15, 0.2) is 60.7 Å². The van der Waals surface area contributed by atoms with Crippen molar-refractivity contribution in [2.45, 2.75) is 19.1 Å². The number of hydrogen-bond donors (Lipinski definition) is 0. The van der Waals surface area contributed by atoms with Gasteiger partial charge >= 0.3 is 12.3 Å². The molecule has 1 saturated heterocycles. The molecule has 2 unspecified atom stereocenters. The van der Waals surface area contributed by atoms with Crippen LogP contribution in [-0.2, 0) is 30.7 Å². The normalized spacial score (nSPS) is 21.8. The van der Waals surface area contributed by atoms with Gasteiger partial charge in [0.1, 0.15) is 0 Å². The second kappa shape index (κ2) is 7.34. The van der Waals surface area contributed by atoms with Gasteiger partial charge in [-0.3, -0.25) is 0 Å². The zero-order chi connectivity index (χ0) is 16.1. The highest BCUT2D eigenvalue weighted by Crippen LogP contribution is 2.30. The van der Waals surface area contributed by atoms with Crippen LogP contribution in [0.2, 0.25) is 0 Å². The molecule has 0 aliphatic carbocycles. The smallest absolute Gasteiger partial charge is 0.367 e. The van der Waals surface area contributed by atoms with E-state index in [0.717, 1.165) is 11.1 Å². The molecule has 0 N–H and O–H groups in total. The molecule has 0 saturated carbocycles. The van der Waals surface area contributed by atoms with Gasteiger partial charge in [-0.15, -0.1) is 5.06 Å². The zero-order valence-corrected chi connectivity index (χ0v) is 12.6. The number of hydrogen-bond acceptors (Lipinski definition) is 6. The molecule has 2 aromatic carbocycles. The maximum absolute atomic E-state index is 11.6. The van der Waals surface area contributed by atoms with Gasteiger partial charge in [0.2, 0.25) is 0 Å². The number of carbonyl (C=O) groups is 1. The summed E-state index contributed by atoms with van der Waals surface area (Å²) in [6, 6.07) is 19.2. The highest BCUT2D eigenvalue weighted by Gasteiger charge is 2.37. The van der Waals surface area contributed by atoms with E-state index in [-0.39, 0.29) is 0 Å². The Kier molecular flexibility index (Phi) is 4.99. The van der Waals surface area contributed by atoms with E-state index in [4.69, 9.17) is 14.6 Å². The standard InChI is InChI=1S/C17H17NO5/c1-20-16(19)17-21-18(12-13-8-4-2-5-9-13)15(22-23-17)14-10-6-3-7-11-14/h2-11,15,17H,12H2,1H3. The molecule has 6 heteroatoms.